The van der Waals surface area contributed by atoms with E-state index in [2.05, 4.69) is 25.9 Å². The highest BCUT2D eigenvalue weighted by molar-refractivity contribution is 7.11. The predicted molar refractivity (Wildman–Crippen MR) is 85.0 cm³/mol. The van der Waals surface area contributed by atoms with Crippen LogP contribution < -0.4 is 16.0 Å². The molecule has 22 heavy (non-hydrogen) atoms. The van der Waals surface area contributed by atoms with E-state index in [0.717, 1.165) is 18.0 Å². The van der Waals surface area contributed by atoms with E-state index in [1.807, 2.05) is 13.1 Å². The standard InChI is InChI=1S/C13H20N6O2S/c1-9-7-17-10(22-9)3-4-15-12(14-2)16-5-6-19-11(20)8-18-13(19)21/h7H,3-6,8H2,1-2H3,(H,18,21)(H2,14,15,16). The molecule has 120 valence electrons. The van der Waals surface area contributed by atoms with Gasteiger partial charge in [-0.1, -0.05) is 0 Å². The fourth-order valence-corrected chi connectivity index (χ4v) is 2.78. The molecule has 3 amide bonds. The minimum absolute atomic E-state index is 0.0824. The number of urea groups is 1. The van der Waals surface area contributed by atoms with Crippen LogP contribution in [0.1, 0.15) is 9.88 Å². The molecule has 1 aromatic heterocycles. The third kappa shape index (κ3) is 4.42. The van der Waals surface area contributed by atoms with Gasteiger partial charge in [0.2, 0.25) is 5.91 Å². The Morgan fingerprint density at radius 3 is 2.82 bits per heavy atom. The molecule has 0 saturated carbocycles. The van der Waals surface area contributed by atoms with Crippen molar-refractivity contribution in [3.05, 3.63) is 16.1 Å². The van der Waals surface area contributed by atoms with E-state index < -0.39 is 0 Å². The molecule has 1 aliphatic heterocycles. The number of aliphatic imine (C=N–C) groups is 1. The van der Waals surface area contributed by atoms with E-state index in [0.29, 0.717) is 19.0 Å². The van der Waals surface area contributed by atoms with Crippen molar-refractivity contribution in [3.8, 4) is 0 Å². The average Bonchev–Trinajstić information content (AvgIpc) is 3.05. The first-order valence-electron chi connectivity index (χ1n) is 7.04. The Labute approximate surface area is 133 Å². The Balaban J connectivity index is 1.67. The van der Waals surface area contributed by atoms with Gasteiger partial charge >= 0.3 is 6.03 Å². The molecule has 1 aromatic rings. The minimum Gasteiger partial charge on any atom is -0.356 e. The fraction of sp³-hybridized carbons (Fsp3) is 0.538. The summed E-state index contributed by atoms with van der Waals surface area (Å²) >= 11 is 1.68. The van der Waals surface area contributed by atoms with Crippen LogP contribution in [0.3, 0.4) is 0 Å². The SMILES string of the molecule is CN=C(NCCc1ncc(C)s1)NCCN1C(=O)CNC1=O. The monoisotopic (exact) mass is 324 g/mol. The van der Waals surface area contributed by atoms with Crippen molar-refractivity contribution >= 4 is 29.2 Å². The highest BCUT2D eigenvalue weighted by atomic mass is 32.1. The van der Waals surface area contributed by atoms with Gasteiger partial charge in [0.1, 0.15) is 0 Å². The molecule has 2 rings (SSSR count). The molecule has 0 aromatic carbocycles. The Kier molecular flexibility index (Phi) is 5.70. The summed E-state index contributed by atoms with van der Waals surface area (Å²) in [4.78, 5) is 33.6. The third-order valence-corrected chi connectivity index (χ3v) is 4.06. The van der Waals surface area contributed by atoms with E-state index in [4.69, 9.17) is 0 Å². The van der Waals surface area contributed by atoms with Crippen LogP contribution in [0.15, 0.2) is 11.2 Å². The van der Waals surface area contributed by atoms with Gasteiger partial charge in [-0.2, -0.15) is 0 Å². The quantitative estimate of drug-likeness (QED) is 0.379. The molecule has 9 heteroatoms. The van der Waals surface area contributed by atoms with Gasteiger partial charge in [0.15, 0.2) is 5.96 Å². The van der Waals surface area contributed by atoms with Crippen LogP contribution in [0, 0.1) is 6.92 Å². The van der Waals surface area contributed by atoms with Gasteiger partial charge in [0.25, 0.3) is 0 Å². The molecule has 1 saturated heterocycles. The number of amides is 3. The summed E-state index contributed by atoms with van der Waals surface area (Å²) in [5.41, 5.74) is 0. The highest BCUT2D eigenvalue weighted by Gasteiger charge is 2.27. The molecule has 0 radical (unpaired) electrons. The molecule has 0 atom stereocenters. The van der Waals surface area contributed by atoms with Gasteiger partial charge in [0.05, 0.1) is 11.6 Å². The lowest BCUT2D eigenvalue weighted by Gasteiger charge is -2.15. The number of guanidine groups is 1. The van der Waals surface area contributed by atoms with Gasteiger partial charge < -0.3 is 16.0 Å². The molecule has 0 spiro atoms. The van der Waals surface area contributed by atoms with Crippen LogP contribution in [0.2, 0.25) is 0 Å². The molecule has 0 unspecified atom stereocenters. The van der Waals surface area contributed by atoms with Crippen LogP contribution in [-0.4, -0.2) is 61.0 Å². The first-order chi connectivity index (χ1) is 10.6. The zero-order valence-electron chi connectivity index (χ0n) is 12.7. The highest BCUT2D eigenvalue weighted by Crippen LogP contribution is 2.10. The molecule has 1 fully saturated rings. The third-order valence-electron chi connectivity index (χ3n) is 3.09. The average molecular weight is 324 g/mol. The lowest BCUT2D eigenvalue weighted by molar-refractivity contribution is -0.124. The van der Waals surface area contributed by atoms with Crippen molar-refractivity contribution < 1.29 is 9.59 Å². The number of rotatable bonds is 6. The van der Waals surface area contributed by atoms with E-state index >= 15 is 0 Å². The summed E-state index contributed by atoms with van der Waals surface area (Å²) < 4.78 is 0. The first kappa shape index (κ1) is 16.2. The van der Waals surface area contributed by atoms with Crippen LogP contribution >= 0.6 is 11.3 Å². The zero-order chi connectivity index (χ0) is 15.9. The molecule has 0 aliphatic carbocycles. The molecule has 2 heterocycles. The molecule has 3 N–H and O–H groups in total. The minimum atomic E-state index is -0.339. The van der Waals surface area contributed by atoms with Crippen molar-refractivity contribution in [3.63, 3.8) is 0 Å². The number of carbonyl (C=O) groups excluding carboxylic acids is 2. The van der Waals surface area contributed by atoms with E-state index in [9.17, 15) is 9.59 Å². The molecule has 8 nitrogen and oxygen atoms in total. The second-order valence-electron chi connectivity index (χ2n) is 4.74. The summed E-state index contributed by atoms with van der Waals surface area (Å²) in [6.45, 7) is 3.60. The van der Waals surface area contributed by atoms with Gasteiger partial charge in [-0.25, -0.2) is 9.78 Å². The molecule has 1 aliphatic rings. The summed E-state index contributed by atoms with van der Waals surface area (Å²) in [7, 11) is 1.68. The maximum absolute atomic E-state index is 11.4. The van der Waals surface area contributed by atoms with Crippen LogP contribution in [-0.2, 0) is 11.2 Å². The number of carbonyl (C=O) groups is 2. The number of hydrogen-bond acceptors (Lipinski definition) is 5. The van der Waals surface area contributed by atoms with Gasteiger partial charge in [-0.3, -0.25) is 14.7 Å². The summed E-state index contributed by atoms with van der Waals surface area (Å²) in [5, 5.41) is 9.82. The second kappa shape index (κ2) is 7.74. The Morgan fingerprint density at radius 1 is 1.45 bits per heavy atom. The van der Waals surface area contributed by atoms with Gasteiger partial charge in [-0.15, -0.1) is 11.3 Å². The number of aromatic nitrogens is 1. The Morgan fingerprint density at radius 2 is 2.23 bits per heavy atom. The van der Waals surface area contributed by atoms with E-state index in [1.54, 1.807) is 18.4 Å². The predicted octanol–water partition coefficient (Wildman–Crippen LogP) is -0.289. The van der Waals surface area contributed by atoms with Crippen molar-refractivity contribution in [1.29, 1.82) is 0 Å². The first-order valence-corrected chi connectivity index (χ1v) is 7.86. The fourth-order valence-electron chi connectivity index (χ4n) is 1.99. The van der Waals surface area contributed by atoms with Crippen molar-refractivity contribution in [2.45, 2.75) is 13.3 Å². The Hall–Kier alpha value is -2.16. The number of thiazole rings is 1. The molecule has 0 bridgehead atoms. The second-order valence-corrected chi connectivity index (χ2v) is 6.06. The van der Waals surface area contributed by atoms with Crippen LogP contribution in [0.25, 0.3) is 0 Å². The maximum Gasteiger partial charge on any atom is 0.324 e. The lowest BCUT2D eigenvalue weighted by Crippen LogP contribution is -2.43. The normalized spacial score (nSPS) is 15.2. The van der Waals surface area contributed by atoms with E-state index in [-0.39, 0.29) is 18.5 Å². The largest absolute Gasteiger partial charge is 0.356 e. The summed E-state index contributed by atoms with van der Waals surface area (Å²) in [6.07, 6.45) is 2.69. The number of nitrogens with one attached hydrogen (secondary N) is 3. The van der Waals surface area contributed by atoms with Crippen molar-refractivity contribution in [2.75, 3.05) is 33.2 Å². The lowest BCUT2D eigenvalue weighted by atomic mass is 10.4. The maximum atomic E-state index is 11.4. The molecular formula is C13H20N6O2S. The number of aryl methyl sites for hydroxylation is 1. The van der Waals surface area contributed by atoms with Crippen molar-refractivity contribution in [1.82, 2.24) is 25.8 Å². The van der Waals surface area contributed by atoms with Gasteiger partial charge in [-0.05, 0) is 6.92 Å². The topological polar surface area (TPSA) is 98.7 Å². The number of nitrogens with zero attached hydrogens (tertiary/aromatic N) is 3. The van der Waals surface area contributed by atoms with Crippen molar-refractivity contribution in [2.24, 2.45) is 4.99 Å². The van der Waals surface area contributed by atoms with E-state index in [1.165, 1.54) is 9.78 Å². The zero-order valence-corrected chi connectivity index (χ0v) is 13.5. The van der Waals surface area contributed by atoms with Crippen LogP contribution in [0.4, 0.5) is 4.79 Å². The van der Waals surface area contributed by atoms with Crippen LogP contribution in [0.5, 0.6) is 0 Å². The van der Waals surface area contributed by atoms with Gasteiger partial charge in [0, 0.05) is 44.2 Å². The smallest absolute Gasteiger partial charge is 0.324 e. The number of hydrogen-bond donors (Lipinski definition) is 3. The Bertz CT molecular complexity index is 555. The number of imide groups is 1. The summed E-state index contributed by atoms with van der Waals surface area (Å²) in [5.74, 6) is 0.439. The summed E-state index contributed by atoms with van der Waals surface area (Å²) in [6, 6.07) is -0.339. The molecular weight excluding hydrogens is 304 g/mol.